The third kappa shape index (κ3) is 6.31. The number of halogens is 1. The molecular formula is C29H23ClN4O4S2. The van der Waals surface area contributed by atoms with E-state index in [1.54, 1.807) is 54.5 Å². The Morgan fingerprint density at radius 3 is 2.08 bits per heavy atom. The van der Waals surface area contributed by atoms with E-state index in [1.165, 1.54) is 35.9 Å². The number of carbonyl (C=O) groups is 2. The van der Waals surface area contributed by atoms with E-state index >= 15 is 0 Å². The monoisotopic (exact) mass is 590 g/mol. The summed E-state index contributed by atoms with van der Waals surface area (Å²) in [5, 5.41) is 6.05. The number of nitrogens with zero attached hydrogens (tertiary/aromatic N) is 2. The van der Waals surface area contributed by atoms with E-state index in [-0.39, 0.29) is 18.2 Å². The Kier molecular flexibility index (Phi) is 8.40. The third-order valence-corrected chi connectivity index (χ3v) is 7.96. The van der Waals surface area contributed by atoms with Crippen LogP contribution in [0.3, 0.4) is 0 Å². The Bertz CT molecular complexity index is 1780. The second-order valence-electron chi connectivity index (χ2n) is 8.53. The number of amides is 2. The van der Waals surface area contributed by atoms with Gasteiger partial charge in [0.2, 0.25) is 11.8 Å². The zero-order valence-corrected chi connectivity index (χ0v) is 23.8. The highest BCUT2D eigenvalue weighted by Crippen LogP contribution is 2.34. The zero-order chi connectivity index (χ0) is 28.1. The first-order chi connectivity index (χ1) is 19.4. The smallest absolute Gasteiger partial charge is 0.248 e. The molecule has 202 valence electrons. The maximum Gasteiger partial charge on any atom is 0.248 e. The maximum absolute atomic E-state index is 13.1. The Balaban J connectivity index is 1.40. The molecule has 0 unspecified atom stereocenters. The van der Waals surface area contributed by atoms with Crippen molar-refractivity contribution in [3.63, 3.8) is 0 Å². The van der Waals surface area contributed by atoms with Crippen LogP contribution in [0, 0.1) is 0 Å². The van der Waals surface area contributed by atoms with Crippen LogP contribution in [0.1, 0.15) is 12.0 Å². The SMILES string of the molecule is COc1ccc(/C(Cl)=C(\C=C\C(=O)Nc2ccc3ncsc3c2)CC(=O)Nc2ccc3ncsc3c2)cc1OC. The van der Waals surface area contributed by atoms with Crippen LogP contribution in [-0.2, 0) is 9.59 Å². The first-order valence-corrected chi connectivity index (χ1v) is 14.1. The number of thiazole rings is 2. The van der Waals surface area contributed by atoms with E-state index in [9.17, 15) is 9.59 Å². The van der Waals surface area contributed by atoms with Gasteiger partial charge in [-0.15, -0.1) is 22.7 Å². The number of benzene rings is 3. The van der Waals surface area contributed by atoms with E-state index in [4.69, 9.17) is 21.1 Å². The van der Waals surface area contributed by atoms with E-state index in [2.05, 4.69) is 20.6 Å². The molecule has 40 heavy (non-hydrogen) atoms. The van der Waals surface area contributed by atoms with Crippen molar-refractivity contribution < 1.29 is 19.1 Å². The maximum atomic E-state index is 13.1. The van der Waals surface area contributed by atoms with Gasteiger partial charge in [0.05, 0.1) is 57.1 Å². The number of allylic oxidation sites excluding steroid dienone is 1. The van der Waals surface area contributed by atoms with Crippen molar-refractivity contribution in [1.29, 1.82) is 0 Å². The summed E-state index contributed by atoms with van der Waals surface area (Å²) in [6.45, 7) is 0. The molecule has 0 atom stereocenters. The Morgan fingerprint density at radius 1 is 0.825 bits per heavy atom. The molecule has 11 heteroatoms. The number of methoxy groups -OCH3 is 2. The van der Waals surface area contributed by atoms with Gasteiger partial charge in [0, 0.05) is 17.5 Å². The molecule has 0 bridgehead atoms. The van der Waals surface area contributed by atoms with Crippen molar-refractivity contribution in [3.8, 4) is 11.5 Å². The average molecular weight is 591 g/mol. The molecule has 0 saturated heterocycles. The summed E-state index contributed by atoms with van der Waals surface area (Å²) in [6.07, 6.45) is 2.82. The van der Waals surface area contributed by atoms with Crippen LogP contribution in [-0.4, -0.2) is 36.0 Å². The standard InChI is InChI=1S/C29H23ClN4O4S2/c1-37-23-9-3-17(11-24(23)38-2)29(30)18(12-28(36)34-20-6-8-22-26(14-20)40-16-32-22)4-10-27(35)33-19-5-7-21-25(13-19)39-15-31-21/h3-11,13-16H,12H2,1-2H3,(H,33,35)(H,34,36)/b10-4+,29-18-. The molecular weight excluding hydrogens is 568 g/mol. The molecule has 0 saturated carbocycles. The Hall–Kier alpha value is -4.25. The molecule has 0 aliphatic carbocycles. The molecule has 0 fully saturated rings. The number of hydrogen-bond donors (Lipinski definition) is 2. The van der Waals surface area contributed by atoms with Gasteiger partial charge in [-0.05, 0) is 65.7 Å². The van der Waals surface area contributed by atoms with Gasteiger partial charge in [0.1, 0.15) is 0 Å². The summed E-state index contributed by atoms with van der Waals surface area (Å²) in [5.41, 5.74) is 7.57. The van der Waals surface area contributed by atoms with Gasteiger partial charge in [-0.3, -0.25) is 9.59 Å². The first-order valence-electron chi connectivity index (χ1n) is 12.0. The van der Waals surface area contributed by atoms with Crippen molar-refractivity contribution >= 4 is 82.9 Å². The lowest BCUT2D eigenvalue weighted by atomic mass is 10.1. The highest BCUT2D eigenvalue weighted by molar-refractivity contribution is 7.17. The van der Waals surface area contributed by atoms with Crippen LogP contribution >= 0.6 is 34.3 Å². The summed E-state index contributed by atoms with van der Waals surface area (Å²) in [6, 6.07) is 16.2. The van der Waals surface area contributed by atoms with Crippen LogP contribution in [0.2, 0.25) is 0 Å². The molecule has 5 rings (SSSR count). The lowest BCUT2D eigenvalue weighted by Gasteiger charge is -2.12. The number of nitrogens with one attached hydrogen (secondary N) is 2. The van der Waals surface area contributed by atoms with Crippen LogP contribution in [0.4, 0.5) is 11.4 Å². The fraction of sp³-hybridized carbons (Fsp3) is 0.103. The van der Waals surface area contributed by atoms with Gasteiger partial charge >= 0.3 is 0 Å². The third-order valence-electron chi connectivity index (χ3n) is 5.92. The normalized spacial score (nSPS) is 12.0. The minimum absolute atomic E-state index is 0.0789. The molecule has 2 aromatic heterocycles. The van der Waals surface area contributed by atoms with E-state index < -0.39 is 0 Å². The summed E-state index contributed by atoms with van der Waals surface area (Å²) in [7, 11) is 3.07. The molecule has 2 heterocycles. The average Bonchev–Trinajstić information content (AvgIpc) is 3.63. The van der Waals surface area contributed by atoms with Crippen LogP contribution < -0.4 is 20.1 Å². The fourth-order valence-electron chi connectivity index (χ4n) is 3.97. The van der Waals surface area contributed by atoms with E-state index in [0.717, 1.165) is 20.4 Å². The number of hydrogen-bond acceptors (Lipinski definition) is 8. The number of rotatable bonds is 9. The second kappa shape index (κ2) is 12.3. The number of aromatic nitrogens is 2. The topological polar surface area (TPSA) is 102 Å². The van der Waals surface area contributed by atoms with E-state index in [1.807, 2.05) is 24.3 Å². The predicted octanol–water partition coefficient (Wildman–Crippen LogP) is 7.10. The van der Waals surface area contributed by atoms with Gasteiger partial charge in [-0.25, -0.2) is 9.97 Å². The molecule has 0 aliphatic heterocycles. The Morgan fingerprint density at radius 2 is 1.45 bits per heavy atom. The summed E-state index contributed by atoms with van der Waals surface area (Å²) in [4.78, 5) is 34.4. The van der Waals surface area contributed by atoms with Crippen molar-refractivity contribution in [3.05, 3.63) is 88.9 Å². The summed E-state index contributed by atoms with van der Waals surface area (Å²) < 4.78 is 12.7. The van der Waals surface area contributed by atoms with Crippen molar-refractivity contribution in [2.45, 2.75) is 6.42 Å². The first kappa shape index (κ1) is 27.3. The quantitative estimate of drug-likeness (QED) is 0.140. The van der Waals surface area contributed by atoms with Crippen molar-refractivity contribution in [2.24, 2.45) is 0 Å². The predicted molar refractivity (Wildman–Crippen MR) is 163 cm³/mol. The second-order valence-corrected chi connectivity index (χ2v) is 10.7. The van der Waals surface area contributed by atoms with Crippen molar-refractivity contribution in [2.75, 3.05) is 24.9 Å². The minimum Gasteiger partial charge on any atom is -0.493 e. The van der Waals surface area contributed by atoms with E-state index in [0.29, 0.717) is 39.0 Å². The molecule has 8 nitrogen and oxygen atoms in total. The van der Waals surface area contributed by atoms with Gasteiger partial charge in [-0.1, -0.05) is 17.7 Å². The number of fused-ring (bicyclic) bond motifs is 2. The lowest BCUT2D eigenvalue weighted by Crippen LogP contribution is -2.13. The number of ether oxygens (including phenoxy) is 2. The highest BCUT2D eigenvalue weighted by atomic mass is 35.5. The zero-order valence-electron chi connectivity index (χ0n) is 21.4. The van der Waals surface area contributed by atoms with Gasteiger partial charge in [0.25, 0.3) is 0 Å². The fourth-order valence-corrected chi connectivity index (χ4v) is 5.65. The van der Waals surface area contributed by atoms with Crippen LogP contribution in [0.5, 0.6) is 11.5 Å². The largest absolute Gasteiger partial charge is 0.493 e. The highest BCUT2D eigenvalue weighted by Gasteiger charge is 2.14. The molecule has 5 aromatic rings. The molecule has 2 amide bonds. The van der Waals surface area contributed by atoms with Crippen molar-refractivity contribution in [1.82, 2.24) is 9.97 Å². The Labute approximate surface area is 242 Å². The molecule has 2 N–H and O–H groups in total. The van der Waals surface area contributed by atoms with Gasteiger partial charge in [-0.2, -0.15) is 0 Å². The minimum atomic E-state index is -0.366. The van der Waals surface area contributed by atoms with Crippen LogP contribution in [0.25, 0.3) is 25.5 Å². The number of carbonyl (C=O) groups excluding carboxylic acids is 2. The lowest BCUT2D eigenvalue weighted by molar-refractivity contribution is -0.115. The molecule has 0 radical (unpaired) electrons. The summed E-state index contributed by atoms with van der Waals surface area (Å²) >= 11 is 9.79. The van der Waals surface area contributed by atoms with Crippen LogP contribution in [0.15, 0.2) is 83.3 Å². The molecule has 0 aliphatic rings. The summed E-state index contributed by atoms with van der Waals surface area (Å²) in [5.74, 6) is 0.369. The number of anilines is 2. The van der Waals surface area contributed by atoms with Gasteiger partial charge < -0.3 is 20.1 Å². The molecule has 0 spiro atoms. The molecule has 3 aromatic carbocycles. The van der Waals surface area contributed by atoms with Gasteiger partial charge in [0.15, 0.2) is 11.5 Å².